The lowest BCUT2D eigenvalue weighted by Gasteiger charge is -2.09. The monoisotopic (exact) mass is 296 g/mol. The Morgan fingerprint density at radius 3 is 2.59 bits per heavy atom. The van der Waals surface area contributed by atoms with E-state index in [0.29, 0.717) is 16.4 Å². The molecule has 0 fully saturated rings. The van der Waals surface area contributed by atoms with Crippen molar-refractivity contribution in [3.8, 4) is 0 Å². The average Bonchev–Trinajstić information content (AvgIpc) is 2.20. The molecule has 5 nitrogen and oxygen atoms in total. The third-order valence-electron chi connectivity index (χ3n) is 1.67. The fourth-order valence-electron chi connectivity index (χ4n) is 1.08. The third kappa shape index (κ3) is 4.80. The molecule has 1 rings (SSSR count). The minimum atomic E-state index is -3.37. The standard InChI is InChI=1S/C9H10Cl2N2O3S/c1-17(15,16)13-6-2-3-7(11)8(4-6)12-9(14)5-10/h2-4,13H,5H2,1H3,(H,12,14). The summed E-state index contributed by atoms with van der Waals surface area (Å²) >= 11 is 11.2. The van der Waals surface area contributed by atoms with Gasteiger partial charge in [-0.2, -0.15) is 0 Å². The molecule has 94 valence electrons. The molecule has 2 N–H and O–H groups in total. The first-order chi connectivity index (χ1) is 7.81. The van der Waals surface area contributed by atoms with Gasteiger partial charge in [-0.05, 0) is 18.2 Å². The molecule has 8 heteroatoms. The first-order valence-electron chi connectivity index (χ1n) is 4.45. The minimum Gasteiger partial charge on any atom is -0.324 e. The fourth-order valence-corrected chi connectivity index (χ4v) is 1.87. The van der Waals surface area contributed by atoms with Gasteiger partial charge in [-0.15, -0.1) is 11.6 Å². The van der Waals surface area contributed by atoms with Gasteiger partial charge >= 0.3 is 0 Å². The lowest BCUT2D eigenvalue weighted by atomic mass is 10.3. The minimum absolute atomic E-state index is 0.208. The van der Waals surface area contributed by atoms with Gasteiger partial charge < -0.3 is 5.32 Å². The van der Waals surface area contributed by atoms with E-state index in [1.54, 1.807) is 0 Å². The van der Waals surface area contributed by atoms with E-state index in [9.17, 15) is 13.2 Å². The zero-order valence-corrected chi connectivity index (χ0v) is 11.2. The molecule has 1 aromatic carbocycles. The van der Waals surface area contributed by atoms with Crippen molar-refractivity contribution in [2.75, 3.05) is 22.2 Å². The van der Waals surface area contributed by atoms with Gasteiger partial charge in [0.05, 0.1) is 22.7 Å². The van der Waals surface area contributed by atoms with E-state index >= 15 is 0 Å². The van der Waals surface area contributed by atoms with Crippen LogP contribution in [0, 0.1) is 0 Å². The number of alkyl halides is 1. The highest BCUT2D eigenvalue weighted by Crippen LogP contribution is 2.25. The quantitative estimate of drug-likeness (QED) is 0.833. The zero-order valence-electron chi connectivity index (χ0n) is 8.83. The molecule has 0 aromatic heterocycles. The molecule has 0 radical (unpaired) electrons. The number of sulfonamides is 1. The molecule has 0 aliphatic heterocycles. The van der Waals surface area contributed by atoms with Gasteiger partial charge in [0, 0.05) is 0 Å². The van der Waals surface area contributed by atoms with Crippen LogP contribution >= 0.6 is 23.2 Å². The number of hydrogen-bond donors (Lipinski definition) is 2. The van der Waals surface area contributed by atoms with Crippen LogP contribution in [0.2, 0.25) is 5.02 Å². The number of halogens is 2. The lowest BCUT2D eigenvalue weighted by Crippen LogP contribution is -2.14. The zero-order chi connectivity index (χ0) is 13.1. The fraction of sp³-hybridized carbons (Fsp3) is 0.222. The third-order valence-corrected chi connectivity index (χ3v) is 2.84. The number of amides is 1. The summed E-state index contributed by atoms with van der Waals surface area (Å²) in [6, 6.07) is 4.37. The van der Waals surface area contributed by atoms with Gasteiger partial charge in [-0.25, -0.2) is 8.42 Å². The molecular weight excluding hydrogens is 287 g/mol. The van der Waals surface area contributed by atoms with Crippen LogP contribution in [0.3, 0.4) is 0 Å². The molecule has 17 heavy (non-hydrogen) atoms. The molecule has 0 aliphatic rings. The first-order valence-corrected chi connectivity index (χ1v) is 7.25. The Morgan fingerprint density at radius 2 is 2.06 bits per heavy atom. The van der Waals surface area contributed by atoms with Crippen molar-refractivity contribution in [3.05, 3.63) is 23.2 Å². The topological polar surface area (TPSA) is 75.3 Å². The van der Waals surface area contributed by atoms with Gasteiger partial charge in [-0.3, -0.25) is 9.52 Å². The largest absolute Gasteiger partial charge is 0.324 e. The van der Waals surface area contributed by atoms with Crippen LogP contribution in [0.25, 0.3) is 0 Å². The Balaban J connectivity index is 2.98. The second-order valence-corrected chi connectivity index (χ2v) is 5.67. The van der Waals surface area contributed by atoms with E-state index in [4.69, 9.17) is 23.2 Å². The molecule has 0 saturated carbocycles. The number of carbonyl (C=O) groups is 1. The van der Waals surface area contributed by atoms with E-state index in [1.807, 2.05) is 0 Å². The number of anilines is 2. The highest BCUT2D eigenvalue weighted by molar-refractivity contribution is 7.92. The summed E-state index contributed by atoms with van der Waals surface area (Å²) in [6.07, 6.45) is 1.03. The lowest BCUT2D eigenvalue weighted by molar-refractivity contribution is -0.113. The second-order valence-electron chi connectivity index (χ2n) is 3.25. The maximum Gasteiger partial charge on any atom is 0.239 e. The molecule has 0 heterocycles. The van der Waals surface area contributed by atoms with Crippen molar-refractivity contribution in [3.63, 3.8) is 0 Å². The van der Waals surface area contributed by atoms with E-state index in [-0.39, 0.29) is 5.88 Å². The van der Waals surface area contributed by atoms with Crippen LogP contribution in [0.15, 0.2) is 18.2 Å². The average molecular weight is 297 g/mol. The Kier molecular flexibility index (Phi) is 4.62. The van der Waals surface area contributed by atoms with Gasteiger partial charge in [0.2, 0.25) is 15.9 Å². The summed E-state index contributed by atoms with van der Waals surface area (Å²) in [5, 5.41) is 2.74. The summed E-state index contributed by atoms with van der Waals surface area (Å²) in [7, 11) is -3.37. The van der Waals surface area contributed by atoms with Crippen molar-refractivity contribution in [2.24, 2.45) is 0 Å². The highest BCUT2D eigenvalue weighted by Gasteiger charge is 2.08. The molecule has 1 aromatic rings. The summed E-state index contributed by atoms with van der Waals surface area (Å²) in [5.41, 5.74) is 0.604. The van der Waals surface area contributed by atoms with Crippen molar-refractivity contribution >= 4 is 50.5 Å². The highest BCUT2D eigenvalue weighted by atomic mass is 35.5. The Morgan fingerprint density at radius 1 is 1.41 bits per heavy atom. The molecular formula is C9H10Cl2N2O3S. The van der Waals surface area contributed by atoms with Crippen LogP contribution in [0.4, 0.5) is 11.4 Å². The predicted molar refractivity (Wildman–Crippen MR) is 69.3 cm³/mol. The molecule has 0 saturated heterocycles. The SMILES string of the molecule is CS(=O)(=O)Nc1ccc(Cl)c(NC(=O)CCl)c1. The summed E-state index contributed by atoms with van der Waals surface area (Å²) < 4.78 is 24.3. The number of carbonyl (C=O) groups excluding carboxylic acids is 1. The number of rotatable bonds is 4. The van der Waals surface area contributed by atoms with Crippen LogP contribution < -0.4 is 10.0 Å². The van der Waals surface area contributed by atoms with Crippen molar-refractivity contribution in [1.29, 1.82) is 0 Å². The van der Waals surface area contributed by atoms with Crippen LogP contribution in [-0.2, 0) is 14.8 Å². The van der Waals surface area contributed by atoms with E-state index < -0.39 is 15.9 Å². The molecule has 0 aliphatic carbocycles. The molecule has 0 atom stereocenters. The van der Waals surface area contributed by atoms with Gasteiger partial charge in [0.1, 0.15) is 5.88 Å². The Hall–Kier alpha value is -0.980. The second kappa shape index (κ2) is 5.57. The maximum absolute atomic E-state index is 11.1. The molecule has 0 bridgehead atoms. The van der Waals surface area contributed by atoms with Crippen molar-refractivity contribution in [1.82, 2.24) is 0 Å². The van der Waals surface area contributed by atoms with Gasteiger partial charge in [-0.1, -0.05) is 11.6 Å². The van der Waals surface area contributed by atoms with Gasteiger partial charge in [0.15, 0.2) is 0 Å². The van der Waals surface area contributed by atoms with E-state index in [2.05, 4.69) is 10.0 Å². The summed E-state index contributed by atoms with van der Waals surface area (Å²) in [6.45, 7) is 0. The van der Waals surface area contributed by atoms with Crippen LogP contribution in [-0.4, -0.2) is 26.5 Å². The Labute approximate surface area is 109 Å². The molecule has 1 amide bonds. The smallest absolute Gasteiger partial charge is 0.239 e. The van der Waals surface area contributed by atoms with Crippen LogP contribution in [0.5, 0.6) is 0 Å². The van der Waals surface area contributed by atoms with E-state index in [1.165, 1.54) is 18.2 Å². The maximum atomic E-state index is 11.1. The first kappa shape index (κ1) is 14.1. The van der Waals surface area contributed by atoms with Crippen LogP contribution in [0.1, 0.15) is 0 Å². The predicted octanol–water partition coefficient (Wildman–Crippen LogP) is 1.89. The molecule has 0 spiro atoms. The number of nitrogens with one attached hydrogen (secondary N) is 2. The van der Waals surface area contributed by atoms with E-state index in [0.717, 1.165) is 6.26 Å². The van der Waals surface area contributed by atoms with Crippen molar-refractivity contribution in [2.45, 2.75) is 0 Å². The normalized spacial score (nSPS) is 11.0. The van der Waals surface area contributed by atoms with Gasteiger partial charge in [0.25, 0.3) is 0 Å². The summed E-state index contributed by atoms with van der Waals surface area (Å²) in [5.74, 6) is -0.634. The van der Waals surface area contributed by atoms with Crippen molar-refractivity contribution < 1.29 is 13.2 Å². The summed E-state index contributed by atoms with van der Waals surface area (Å²) in [4.78, 5) is 11.1. The Bertz CT molecular complexity index is 531. The number of hydrogen-bond acceptors (Lipinski definition) is 3. The molecule has 0 unspecified atom stereocenters. The number of benzene rings is 1.